The van der Waals surface area contributed by atoms with Gasteiger partial charge in [0.15, 0.2) is 0 Å². The average molecular weight is 420 g/mol. The van der Waals surface area contributed by atoms with Crippen LogP contribution in [0.2, 0.25) is 0 Å². The van der Waals surface area contributed by atoms with Crippen LogP contribution in [-0.2, 0) is 17.8 Å². The third-order valence-electron chi connectivity index (χ3n) is 4.70. The van der Waals surface area contributed by atoms with Gasteiger partial charge in [-0.05, 0) is 35.9 Å². The summed E-state index contributed by atoms with van der Waals surface area (Å²) in [5, 5.41) is 7.18. The molecule has 0 atom stereocenters. The van der Waals surface area contributed by atoms with Crippen molar-refractivity contribution in [3.05, 3.63) is 83.7 Å². The van der Waals surface area contributed by atoms with Gasteiger partial charge in [-0.15, -0.1) is 0 Å². The Morgan fingerprint density at radius 3 is 2.67 bits per heavy atom. The second kappa shape index (κ2) is 8.96. The first kappa shape index (κ1) is 19.9. The zero-order valence-electron chi connectivity index (χ0n) is 16.2. The van der Waals surface area contributed by atoms with Crippen LogP contribution >= 0.6 is 11.8 Å². The van der Waals surface area contributed by atoms with Gasteiger partial charge in [0, 0.05) is 24.7 Å². The Morgan fingerprint density at radius 1 is 1.07 bits per heavy atom. The van der Waals surface area contributed by atoms with Crippen molar-refractivity contribution >= 4 is 28.8 Å². The molecule has 0 aliphatic carbocycles. The standard InChI is InChI=1S/C22H20N4O3S/c27-20-15-30-22(29)25(20)14-16-5-4-6-17(13-16)21(28)23-11-9-18-10-12-26(24-18)19-7-2-1-3-8-19/h1-8,10,12-13H,9,11,14-15H2,(H,23,28). The lowest BCUT2D eigenvalue weighted by Gasteiger charge is -2.13. The van der Waals surface area contributed by atoms with Gasteiger partial charge < -0.3 is 5.32 Å². The molecular weight excluding hydrogens is 400 g/mol. The molecule has 152 valence electrons. The lowest BCUT2D eigenvalue weighted by Crippen LogP contribution is -2.28. The van der Waals surface area contributed by atoms with Crippen LogP contribution in [0.3, 0.4) is 0 Å². The normalized spacial score (nSPS) is 13.7. The van der Waals surface area contributed by atoms with E-state index in [-0.39, 0.29) is 29.4 Å². The predicted octanol–water partition coefficient (Wildman–Crippen LogP) is 3.04. The van der Waals surface area contributed by atoms with E-state index in [1.165, 1.54) is 4.90 Å². The first-order valence-corrected chi connectivity index (χ1v) is 10.5. The van der Waals surface area contributed by atoms with Gasteiger partial charge in [0.05, 0.1) is 23.7 Å². The molecule has 30 heavy (non-hydrogen) atoms. The number of hydrogen-bond donors (Lipinski definition) is 1. The quantitative estimate of drug-likeness (QED) is 0.635. The number of nitrogens with one attached hydrogen (secondary N) is 1. The number of aromatic nitrogens is 2. The van der Waals surface area contributed by atoms with Crippen molar-refractivity contribution in [3.63, 3.8) is 0 Å². The van der Waals surface area contributed by atoms with Crippen molar-refractivity contribution in [2.75, 3.05) is 12.3 Å². The van der Waals surface area contributed by atoms with E-state index in [2.05, 4.69) is 10.4 Å². The van der Waals surface area contributed by atoms with E-state index >= 15 is 0 Å². The second-order valence-corrected chi connectivity index (χ2v) is 7.75. The third kappa shape index (κ3) is 4.60. The van der Waals surface area contributed by atoms with Gasteiger partial charge in [-0.2, -0.15) is 5.10 Å². The van der Waals surface area contributed by atoms with Crippen LogP contribution in [0.5, 0.6) is 0 Å². The van der Waals surface area contributed by atoms with E-state index in [1.807, 2.05) is 42.6 Å². The van der Waals surface area contributed by atoms with Gasteiger partial charge in [-0.1, -0.05) is 42.1 Å². The van der Waals surface area contributed by atoms with Crippen LogP contribution in [-0.4, -0.2) is 44.0 Å². The Morgan fingerprint density at radius 2 is 1.90 bits per heavy atom. The molecule has 1 aliphatic heterocycles. The highest BCUT2D eigenvalue weighted by Crippen LogP contribution is 2.21. The molecule has 3 aromatic rings. The number of imide groups is 1. The maximum atomic E-state index is 12.5. The fraction of sp³-hybridized carbons (Fsp3) is 0.182. The van der Waals surface area contributed by atoms with E-state index in [0.717, 1.165) is 28.7 Å². The summed E-state index contributed by atoms with van der Waals surface area (Å²) < 4.78 is 1.81. The Balaban J connectivity index is 1.32. The summed E-state index contributed by atoms with van der Waals surface area (Å²) in [6.07, 6.45) is 2.51. The van der Waals surface area contributed by atoms with Crippen molar-refractivity contribution in [3.8, 4) is 5.69 Å². The SMILES string of the molecule is O=C(NCCc1ccn(-c2ccccc2)n1)c1cccc(CN2C(=O)CSC2=O)c1. The molecule has 0 bridgehead atoms. The minimum atomic E-state index is -0.246. The van der Waals surface area contributed by atoms with Crippen LogP contribution in [0.15, 0.2) is 66.9 Å². The summed E-state index contributed by atoms with van der Waals surface area (Å²) in [5.41, 5.74) is 3.11. The zero-order chi connectivity index (χ0) is 20.9. The number of amides is 3. The average Bonchev–Trinajstić information content (AvgIpc) is 3.37. The number of benzene rings is 2. The molecular formula is C22H20N4O3S. The maximum absolute atomic E-state index is 12.5. The van der Waals surface area contributed by atoms with Crippen molar-refractivity contribution in [2.45, 2.75) is 13.0 Å². The van der Waals surface area contributed by atoms with Gasteiger partial charge in [0.2, 0.25) is 5.91 Å². The van der Waals surface area contributed by atoms with E-state index < -0.39 is 0 Å². The third-order valence-corrected chi connectivity index (χ3v) is 5.56. The molecule has 0 unspecified atom stereocenters. The van der Waals surface area contributed by atoms with Crippen molar-refractivity contribution in [1.29, 1.82) is 0 Å². The number of nitrogens with zero attached hydrogens (tertiary/aromatic N) is 3. The van der Waals surface area contributed by atoms with Crippen LogP contribution in [0.1, 0.15) is 21.6 Å². The summed E-state index contributed by atoms with van der Waals surface area (Å²) in [6.45, 7) is 0.636. The van der Waals surface area contributed by atoms with E-state index in [9.17, 15) is 14.4 Å². The summed E-state index contributed by atoms with van der Waals surface area (Å²) in [4.78, 5) is 37.2. The Bertz CT molecular complexity index is 1060. The molecule has 7 nitrogen and oxygen atoms in total. The molecule has 2 aromatic carbocycles. The molecule has 1 saturated heterocycles. The molecule has 1 N–H and O–H groups in total. The largest absolute Gasteiger partial charge is 0.352 e. The van der Waals surface area contributed by atoms with Crippen LogP contribution < -0.4 is 5.32 Å². The molecule has 3 amide bonds. The number of thioether (sulfide) groups is 1. The number of para-hydroxylation sites is 1. The van der Waals surface area contributed by atoms with Gasteiger partial charge in [0.1, 0.15) is 0 Å². The first-order chi connectivity index (χ1) is 14.6. The summed E-state index contributed by atoms with van der Waals surface area (Å²) in [7, 11) is 0. The Kier molecular flexibility index (Phi) is 5.94. The minimum Gasteiger partial charge on any atom is -0.352 e. The first-order valence-electron chi connectivity index (χ1n) is 9.54. The van der Waals surface area contributed by atoms with Gasteiger partial charge in [0.25, 0.3) is 11.1 Å². The van der Waals surface area contributed by atoms with Crippen molar-refractivity contribution in [1.82, 2.24) is 20.0 Å². The highest BCUT2D eigenvalue weighted by atomic mass is 32.2. The highest BCUT2D eigenvalue weighted by Gasteiger charge is 2.29. The molecule has 8 heteroatoms. The van der Waals surface area contributed by atoms with E-state index in [0.29, 0.717) is 18.5 Å². The maximum Gasteiger partial charge on any atom is 0.289 e. The second-order valence-electron chi connectivity index (χ2n) is 6.83. The lowest BCUT2D eigenvalue weighted by atomic mass is 10.1. The molecule has 1 fully saturated rings. The van der Waals surface area contributed by atoms with Crippen LogP contribution in [0, 0.1) is 0 Å². The number of hydrogen-bond acceptors (Lipinski definition) is 5. The molecule has 0 spiro atoms. The van der Waals surface area contributed by atoms with Crippen molar-refractivity contribution in [2.24, 2.45) is 0 Å². The van der Waals surface area contributed by atoms with Crippen molar-refractivity contribution < 1.29 is 14.4 Å². The smallest absolute Gasteiger partial charge is 0.289 e. The minimum absolute atomic E-state index is 0.180. The molecule has 4 rings (SSSR count). The van der Waals surface area contributed by atoms with Crippen LogP contribution in [0.25, 0.3) is 5.69 Å². The van der Waals surface area contributed by atoms with Gasteiger partial charge in [-0.3, -0.25) is 19.3 Å². The highest BCUT2D eigenvalue weighted by molar-refractivity contribution is 8.14. The predicted molar refractivity (Wildman–Crippen MR) is 114 cm³/mol. The summed E-state index contributed by atoms with van der Waals surface area (Å²) in [6, 6.07) is 18.7. The molecule has 2 heterocycles. The number of carbonyl (C=O) groups is 3. The number of rotatable bonds is 7. The molecule has 0 saturated carbocycles. The fourth-order valence-corrected chi connectivity index (χ4v) is 3.88. The monoisotopic (exact) mass is 420 g/mol. The zero-order valence-corrected chi connectivity index (χ0v) is 17.0. The number of carbonyl (C=O) groups excluding carboxylic acids is 3. The van der Waals surface area contributed by atoms with E-state index in [4.69, 9.17) is 0 Å². The van der Waals surface area contributed by atoms with Gasteiger partial charge in [-0.25, -0.2) is 4.68 Å². The molecule has 1 aromatic heterocycles. The Labute approximate surface area is 178 Å². The summed E-state index contributed by atoms with van der Waals surface area (Å²) >= 11 is 1.00. The topological polar surface area (TPSA) is 84.3 Å². The van der Waals surface area contributed by atoms with Gasteiger partial charge >= 0.3 is 0 Å². The van der Waals surface area contributed by atoms with E-state index in [1.54, 1.807) is 28.9 Å². The van der Waals surface area contributed by atoms with Crippen LogP contribution in [0.4, 0.5) is 4.79 Å². The summed E-state index contributed by atoms with van der Waals surface area (Å²) in [5.74, 6) is -0.221. The fourth-order valence-electron chi connectivity index (χ4n) is 3.15. The molecule has 0 radical (unpaired) electrons. The molecule has 1 aliphatic rings. The Hall–Kier alpha value is -3.39. The lowest BCUT2D eigenvalue weighted by molar-refractivity contribution is -0.125.